The molecule has 0 saturated carbocycles. The van der Waals surface area contributed by atoms with E-state index >= 15 is 0 Å². The molecule has 2 aromatic heterocycles. The van der Waals surface area contributed by atoms with E-state index in [0.717, 1.165) is 52.0 Å². The molecule has 0 spiro atoms. The summed E-state index contributed by atoms with van der Waals surface area (Å²) in [5.41, 5.74) is 10.3. The Hall–Kier alpha value is -4.23. The van der Waals surface area contributed by atoms with E-state index in [9.17, 15) is 0 Å². The lowest BCUT2D eigenvalue weighted by Crippen LogP contribution is -2.00. The Morgan fingerprint density at radius 2 is 1.61 bits per heavy atom. The van der Waals surface area contributed by atoms with Gasteiger partial charge in [0.25, 0.3) is 0 Å². The Bertz CT molecular complexity index is 1470. The van der Waals surface area contributed by atoms with Crippen molar-refractivity contribution in [2.75, 3.05) is 0 Å². The molecule has 0 amide bonds. The first-order valence-electron chi connectivity index (χ1n) is 11.2. The van der Waals surface area contributed by atoms with Crippen LogP contribution in [0.1, 0.15) is 24.5 Å². The van der Waals surface area contributed by atoms with Gasteiger partial charge in [-0.05, 0) is 36.1 Å². The van der Waals surface area contributed by atoms with Crippen LogP contribution in [0, 0.1) is 13.5 Å². The highest BCUT2D eigenvalue weighted by Crippen LogP contribution is 2.38. The van der Waals surface area contributed by atoms with Gasteiger partial charge in [0.1, 0.15) is 6.33 Å². The summed E-state index contributed by atoms with van der Waals surface area (Å²) in [6, 6.07) is 27.2. The van der Waals surface area contributed by atoms with Crippen LogP contribution in [0.15, 0.2) is 85.2 Å². The number of aromatic nitrogens is 3. The third-order valence-electron chi connectivity index (χ3n) is 5.95. The zero-order chi connectivity index (χ0) is 22.8. The Labute approximate surface area is 194 Å². The average Bonchev–Trinajstić information content (AvgIpc) is 3.34. The van der Waals surface area contributed by atoms with Crippen molar-refractivity contribution in [2.24, 2.45) is 0 Å². The zero-order valence-electron chi connectivity index (χ0n) is 18.8. The molecule has 5 rings (SSSR count). The first-order valence-corrected chi connectivity index (χ1v) is 11.2. The highest BCUT2D eigenvalue weighted by Gasteiger charge is 2.18. The van der Waals surface area contributed by atoms with Gasteiger partial charge < -0.3 is 0 Å². The average molecular weight is 429 g/mol. The molecule has 0 bridgehead atoms. The van der Waals surface area contributed by atoms with Gasteiger partial charge in [-0.2, -0.15) is 5.10 Å². The van der Waals surface area contributed by atoms with Crippen molar-refractivity contribution in [2.45, 2.75) is 26.7 Å². The standard InChI is InChI=1S/C29H24N4/c1-4-6-21-7-5-8-24(17-21)27-18-26(22-13-15-25(30-3)16-14-22)28(33-29(27)31-19-32-33)23-11-9-20(2)10-12-23/h5,7-19H,4,6H2,1-2H3. The molecule has 0 aliphatic rings. The number of fused-ring (bicyclic) bond motifs is 1. The first-order chi connectivity index (χ1) is 16.2. The Morgan fingerprint density at radius 3 is 2.33 bits per heavy atom. The number of hydrogen-bond donors (Lipinski definition) is 0. The summed E-state index contributed by atoms with van der Waals surface area (Å²) < 4.78 is 1.95. The maximum Gasteiger partial charge on any atom is 0.187 e. The van der Waals surface area contributed by atoms with E-state index in [1.807, 2.05) is 28.8 Å². The van der Waals surface area contributed by atoms with Gasteiger partial charge in [0.05, 0.1) is 12.3 Å². The van der Waals surface area contributed by atoms with Crippen LogP contribution in [0.3, 0.4) is 0 Å². The summed E-state index contributed by atoms with van der Waals surface area (Å²) >= 11 is 0. The lowest BCUT2D eigenvalue weighted by Gasteiger charge is -2.16. The van der Waals surface area contributed by atoms with Crippen LogP contribution in [-0.4, -0.2) is 14.6 Å². The Morgan fingerprint density at radius 1 is 0.848 bits per heavy atom. The number of aryl methyl sites for hydroxylation is 2. The van der Waals surface area contributed by atoms with Crippen molar-refractivity contribution in [3.8, 4) is 33.5 Å². The van der Waals surface area contributed by atoms with Gasteiger partial charge in [-0.25, -0.2) is 14.3 Å². The first kappa shape index (κ1) is 20.7. The summed E-state index contributed by atoms with van der Waals surface area (Å²) in [5, 5.41) is 4.64. The largest absolute Gasteiger partial charge is 0.238 e. The monoisotopic (exact) mass is 428 g/mol. The SMILES string of the molecule is [C-]#[N+]c1ccc(-c2cc(-c3cccc(CCC)c3)c3ncnn3c2-c2ccc(C)cc2)cc1. The Kier molecular flexibility index (Phi) is 5.46. The predicted molar refractivity (Wildman–Crippen MR) is 134 cm³/mol. The molecule has 4 nitrogen and oxygen atoms in total. The maximum absolute atomic E-state index is 7.31. The second kappa shape index (κ2) is 8.72. The van der Waals surface area contributed by atoms with Gasteiger partial charge in [0.15, 0.2) is 11.3 Å². The fourth-order valence-electron chi connectivity index (χ4n) is 4.30. The van der Waals surface area contributed by atoms with Gasteiger partial charge in [-0.1, -0.05) is 91.7 Å². The molecule has 33 heavy (non-hydrogen) atoms. The van der Waals surface area contributed by atoms with Crippen LogP contribution in [0.2, 0.25) is 0 Å². The molecule has 0 aliphatic heterocycles. The minimum Gasteiger partial charge on any atom is -0.238 e. The quantitative estimate of drug-likeness (QED) is 0.271. The van der Waals surface area contributed by atoms with Crippen LogP contribution in [0.25, 0.3) is 44.0 Å². The molecule has 160 valence electrons. The third-order valence-corrected chi connectivity index (χ3v) is 5.95. The molecule has 0 atom stereocenters. The molecular formula is C29H24N4. The molecule has 0 fully saturated rings. The fourth-order valence-corrected chi connectivity index (χ4v) is 4.30. The third kappa shape index (κ3) is 3.90. The molecule has 5 aromatic rings. The second-order valence-corrected chi connectivity index (χ2v) is 8.29. The van der Waals surface area contributed by atoms with E-state index in [4.69, 9.17) is 6.57 Å². The molecule has 2 heterocycles. The van der Waals surface area contributed by atoms with Crippen molar-refractivity contribution >= 4 is 11.3 Å². The summed E-state index contributed by atoms with van der Waals surface area (Å²) in [7, 11) is 0. The van der Waals surface area contributed by atoms with Gasteiger partial charge in [0, 0.05) is 16.7 Å². The number of rotatable bonds is 5. The highest BCUT2D eigenvalue weighted by atomic mass is 15.3. The number of hydrogen-bond acceptors (Lipinski definition) is 2. The number of nitrogens with zero attached hydrogens (tertiary/aromatic N) is 4. The van der Waals surface area contributed by atoms with Crippen molar-refractivity contribution in [1.82, 2.24) is 14.6 Å². The van der Waals surface area contributed by atoms with Gasteiger partial charge in [-0.3, -0.25) is 0 Å². The maximum atomic E-state index is 7.31. The fraction of sp³-hybridized carbons (Fsp3) is 0.138. The Balaban J connectivity index is 1.81. The zero-order valence-corrected chi connectivity index (χ0v) is 18.8. The van der Waals surface area contributed by atoms with Gasteiger partial charge in [0.2, 0.25) is 0 Å². The van der Waals surface area contributed by atoms with Crippen LogP contribution >= 0.6 is 0 Å². The molecule has 4 heteroatoms. The summed E-state index contributed by atoms with van der Waals surface area (Å²) in [5.74, 6) is 0. The number of pyridine rings is 1. The van der Waals surface area contributed by atoms with E-state index in [1.165, 1.54) is 11.1 Å². The van der Waals surface area contributed by atoms with E-state index in [-0.39, 0.29) is 0 Å². The summed E-state index contributed by atoms with van der Waals surface area (Å²) in [6.07, 6.45) is 3.77. The van der Waals surface area contributed by atoms with Crippen LogP contribution in [0.4, 0.5) is 5.69 Å². The molecular weight excluding hydrogens is 404 g/mol. The van der Waals surface area contributed by atoms with Crippen molar-refractivity contribution in [3.63, 3.8) is 0 Å². The molecule has 0 N–H and O–H groups in total. The topological polar surface area (TPSA) is 34.5 Å². The van der Waals surface area contributed by atoms with Crippen LogP contribution in [-0.2, 0) is 6.42 Å². The molecule has 0 radical (unpaired) electrons. The lowest BCUT2D eigenvalue weighted by atomic mass is 9.94. The summed E-state index contributed by atoms with van der Waals surface area (Å²) in [4.78, 5) is 8.20. The minimum atomic E-state index is 0.630. The number of benzene rings is 3. The summed E-state index contributed by atoms with van der Waals surface area (Å²) in [6.45, 7) is 11.6. The second-order valence-electron chi connectivity index (χ2n) is 8.29. The minimum absolute atomic E-state index is 0.630. The van der Waals surface area contributed by atoms with E-state index in [1.54, 1.807) is 6.33 Å². The van der Waals surface area contributed by atoms with Crippen molar-refractivity contribution < 1.29 is 0 Å². The lowest BCUT2D eigenvalue weighted by molar-refractivity contribution is 0.922. The molecule has 0 aliphatic carbocycles. The van der Waals surface area contributed by atoms with Crippen LogP contribution in [0.5, 0.6) is 0 Å². The van der Waals surface area contributed by atoms with Crippen LogP contribution < -0.4 is 0 Å². The van der Waals surface area contributed by atoms with Gasteiger partial charge >= 0.3 is 0 Å². The van der Waals surface area contributed by atoms with E-state index in [0.29, 0.717) is 5.69 Å². The molecule has 0 saturated heterocycles. The normalized spacial score (nSPS) is 10.9. The highest BCUT2D eigenvalue weighted by molar-refractivity contribution is 5.90. The molecule has 3 aromatic carbocycles. The van der Waals surface area contributed by atoms with Gasteiger partial charge in [-0.15, -0.1) is 0 Å². The smallest absolute Gasteiger partial charge is 0.187 e. The molecule has 0 unspecified atom stereocenters. The van der Waals surface area contributed by atoms with E-state index in [2.05, 4.69) is 83.4 Å². The predicted octanol–water partition coefficient (Wildman–Crippen LogP) is 7.54. The van der Waals surface area contributed by atoms with E-state index < -0.39 is 0 Å². The van der Waals surface area contributed by atoms with Crippen molar-refractivity contribution in [3.05, 3.63) is 108 Å². The van der Waals surface area contributed by atoms with Crippen molar-refractivity contribution in [1.29, 1.82) is 0 Å².